The van der Waals surface area contributed by atoms with Crippen LogP contribution in [0.1, 0.15) is 33.6 Å². The quantitative estimate of drug-likeness (QED) is 0.466. The van der Waals surface area contributed by atoms with Gasteiger partial charge in [0.05, 0.1) is 0 Å². The van der Waals surface area contributed by atoms with Gasteiger partial charge >= 0.3 is 6.10 Å². The Kier molecular flexibility index (Phi) is 11.2. The third-order valence-corrected chi connectivity index (χ3v) is 1.77. The number of aliphatic hydroxyl groups is 3. The molecule has 0 atom stereocenters. The fourth-order valence-electron chi connectivity index (χ4n) is 1.10. The van der Waals surface area contributed by atoms with Gasteiger partial charge in [-0.3, -0.25) is 0 Å². The molecule has 6 heteroatoms. The monoisotopic (exact) mass is 222 g/mol. The van der Waals surface area contributed by atoms with Crippen molar-refractivity contribution < 1.29 is 15.3 Å². The van der Waals surface area contributed by atoms with Gasteiger partial charge in [-0.05, 0) is 32.5 Å². The van der Waals surface area contributed by atoms with Crippen molar-refractivity contribution in [1.29, 1.82) is 0 Å². The van der Waals surface area contributed by atoms with Crippen LogP contribution in [0.15, 0.2) is 5.18 Å². The van der Waals surface area contributed by atoms with Gasteiger partial charge in [-0.1, -0.05) is 20.8 Å². The summed E-state index contributed by atoms with van der Waals surface area (Å²) >= 11 is 0. The molecule has 0 bridgehead atoms. The largest absolute Gasteiger partial charge is 0.424 e. The SMILES string of the molecule is CC.CCN1CCCC1.O=NC(O)(O)O. The van der Waals surface area contributed by atoms with Gasteiger partial charge in [0, 0.05) is 5.18 Å². The fourth-order valence-corrected chi connectivity index (χ4v) is 1.10. The average Bonchev–Trinajstić information content (AvgIpc) is 2.73. The number of nitrogens with zero attached hydrogens (tertiary/aromatic N) is 2. The van der Waals surface area contributed by atoms with Gasteiger partial charge in [-0.15, -0.1) is 4.91 Å². The Hall–Kier alpha value is -0.560. The van der Waals surface area contributed by atoms with E-state index in [0.717, 1.165) is 0 Å². The lowest BCUT2D eigenvalue weighted by molar-refractivity contribution is -0.305. The van der Waals surface area contributed by atoms with E-state index in [-0.39, 0.29) is 0 Å². The summed E-state index contributed by atoms with van der Waals surface area (Å²) in [7, 11) is 0. The van der Waals surface area contributed by atoms with E-state index in [1.54, 1.807) is 0 Å². The molecule has 1 rings (SSSR count). The van der Waals surface area contributed by atoms with Crippen LogP contribution in [0.2, 0.25) is 0 Å². The van der Waals surface area contributed by atoms with Crippen LogP contribution >= 0.6 is 0 Å². The third-order valence-electron chi connectivity index (χ3n) is 1.77. The number of nitroso groups, excluding NO2 is 1. The number of hydrogen-bond acceptors (Lipinski definition) is 6. The smallest absolute Gasteiger partial charge is 0.322 e. The molecule has 0 spiro atoms. The van der Waals surface area contributed by atoms with E-state index in [2.05, 4.69) is 11.8 Å². The van der Waals surface area contributed by atoms with E-state index in [0.29, 0.717) is 0 Å². The molecule has 6 nitrogen and oxygen atoms in total. The Morgan fingerprint density at radius 3 is 1.67 bits per heavy atom. The third kappa shape index (κ3) is 13.4. The standard InChI is InChI=1S/C6H13N.C2H6.CH3NO4/c1-2-7-5-3-4-6-7;1-2;3-1(4,5)2-6/h2-6H2,1H3;1-2H3;3-5H. The maximum absolute atomic E-state index is 8.83. The molecule has 0 aromatic carbocycles. The van der Waals surface area contributed by atoms with Crippen LogP contribution in [0.25, 0.3) is 0 Å². The molecule has 15 heavy (non-hydrogen) atoms. The molecule has 1 aliphatic rings. The van der Waals surface area contributed by atoms with Crippen molar-refractivity contribution in [2.24, 2.45) is 5.18 Å². The lowest BCUT2D eigenvalue weighted by Gasteiger charge is -2.08. The average molecular weight is 222 g/mol. The number of likely N-dealkylation sites (tertiary alicyclic amines) is 1. The zero-order valence-corrected chi connectivity index (χ0v) is 9.68. The second-order valence-corrected chi connectivity index (χ2v) is 2.83. The van der Waals surface area contributed by atoms with Crippen molar-refractivity contribution >= 4 is 0 Å². The topological polar surface area (TPSA) is 93.4 Å². The van der Waals surface area contributed by atoms with Crippen LogP contribution in [0.4, 0.5) is 0 Å². The van der Waals surface area contributed by atoms with Crippen LogP contribution in [0.3, 0.4) is 0 Å². The van der Waals surface area contributed by atoms with Crippen molar-refractivity contribution in [2.45, 2.75) is 39.7 Å². The second-order valence-electron chi connectivity index (χ2n) is 2.83. The van der Waals surface area contributed by atoms with Crippen molar-refractivity contribution in [3.05, 3.63) is 4.91 Å². The van der Waals surface area contributed by atoms with E-state index < -0.39 is 6.10 Å². The van der Waals surface area contributed by atoms with Gasteiger partial charge in [0.25, 0.3) is 0 Å². The van der Waals surface area contributed by atoms with Crippen molar-refractivity contribution in [2.75, 3.05) is 19.6 Å². The molecule has 0 aromatic rings. The molecule has 3 N–H and O–H groups in total. The van der Waals surface area contributed by atoms with Gasteiger partial charge in [0.2, 0.25) is 0 Å². The molecule has 1 aliphatic heterocycles. The summed E-state index contributed by atoms with van der Waals surface area (Å²) in [6.45, 7) is 10.2. The van der Waals surface area contributed by atoms with Crippen LogP contribution in [-0.2, 0) is 0 Å². The zero-order chi connectivity index (χ0) is 12.3. The lowest BCUT2D eigenvalue weighted by Crippen LogP contribution is -2.22. The van der Waals surface area contributed by atoms with Crippen molar-refractivity contribution in [1.82, 2.24) is 4.90 Å². The highest BCUT2D eigenvalue weighted by Gasteiger charge is 2.16. The zero-order valence-electron chi connectivity index (χ0n) is 9.68. The first kappa shape index (κ1) is 16.9. The van der Waals surface area contributed by atoms with Gasteiger partial charge in [0.1, 0.15) is 0 Å². The maximum Gasteiger partial charge on any atom is 0.424 e. The molecule has 1 heterocycles. The Morgan fingerprint density at radius 2 is 1.53 bits per heavy atom. The van der Waals surface area contributed by atoms with Crippen LogP contribution in [0, 0.1) is 4.91 Å². The highest BCUT2D eigenvalue weighted by atomic mass is 16.7. The van der Waals surface area contributed by atoms with Crippen LogP contribution in [0.5, 0.6) is 0 Å². The van der Waals surface area contributed by atoms with E-state index in [9.17, 15) is 0 Å². The van der Waals surface area contributed by atoms with Gasteiger partial charge in [0.15, 0.2) is 0 Å². The molecule has 92 valence electrons. The minimum atomic E-state index is -3.39. The van der Waals surface area contributed by atoms with Crippen molar-refractivity contribution in [3.8, 4) is 0 Å². The molecule has 0 saturated carbocycles. The molecule has 0 radical (unpaired) electrons. The molecule has 0 unspecified atom stereocenters. The fraction of sp³-hybridized carbons (Fsp3) is 1.00. The van der Waals surface area contributed by atoms with E-state index >= 15 is 0 Å². The molecule has 0 amide bonds. The van der Waals surface area contributed by atoms with Crippen LogP contribution in [-0.4, -0.2) is 46.0 Å². The number of hydrogen-bond donors (Lipinski definition) is 3. The summed E-state index contributed by atoms with van der Waals surface area (Å²) in [5.74, 6) is 0. The Morgan fingerprint density at radius 1 is 1.20 bits per heavy atom. The Labute approximate surface area is 90.5 Å². The molecule has 1 fully saturated rings. The molecule has 0 aromatic heterocycles. The summed E-state index contributed by atoms with van der Waals surface area (Å²) in [6.07, 6.45) is -0.540. The Bertz CT molecular complexity index is 142. The predicted octanol–water partition coefficient (Wildman–Crippen LogP) is 0.469. The Balaban J connectivity index is 0. The van der Waals surface area contributed by atoms with Gasteiger partial charge in [-0.2, -0.15) is 0 Å². The first-order valence-corrected chi connectivity index (χ1v) is 5.23. The van der Waals surface area contributed by atoms with E-state index in [1.165, 1.54) is 37.7 Å². The highest BCUT2D eigenvalue weighted by Crippen LogP contribution is 2.04. The maximum atomic E-state index is 8.83. The summed E-state index contributed by atoms with van der Waals surface area (Å²) < 4.78 is 0. The molecular formula is C9H22N2O4. The summed E-state index contributed by atoms with van der Waals surface area (Å²) in [4.78, 5) is 11.3. The normalized spacial score (nSPS) is 15.9. The molecule has 1 saturated heterocycles. The summed E-state index contributed by atoms with van der Waals surface area (Å²) in [5.41, 5.74) is 0. The van der Waals surface area contributed by atoms with Crippen molar-refractivity contribution in [3.63, 3.8) is 0 Å². The summed E-state index contributed by atoms with van der Waals surface area (Å²) in [5, 5.41) is 23.8. The summed E-state index contributed by atoms with van der Waals surface area (Å²) in [6, 6.07) is 0. The molecular weight excluding hydrogens is 200 g/mol. The van der Waals surface area contributed by atoms with E-state index in [1.807, 2.05) is 13.8 Å². The minimum absolute atomic E-state index is 1.25. The van der Waals surface area contributed by atoms with Gasteiger partial charge in [-0.25, -0.2) is 0 Å². The van der Waals surface area contributed by atoms with E-state index in [4.69, 9.17) is 20.2 Å². The number of rotatable bonds is 2. The predicted molar refractivity (Wildman–Crippen MR) is 57.9 cm³/mol. The lowest BCUT2D eigenvalue weighted by atomic mass is 10.4. The first-order valence-electron chi connectivity index (χ1n) is 5.23. The van der Waals surface area contributed by atoms with Crippen LogP contribution < -0.4 is 0 Å². The minimum Gasteiger partial charge on any atom is -0.322 e. The first-order chi connectivity index (χ1) is 6.99. The second kappa shape index (κ2) is 9.97. The molecule has 0 aliphatic carbocycles. The highest BCUT2D eigenvalue weighted by molar-refractivity contribution is 4.62. The van der Waals surface area contributed by atoms with Gasteiger partial charge < -0.3 is 20.2 Å².